The van der Waals surface area contributed by atoms with E-state index >= 15 is 4.39 Å². The quantitative estimate of drug-likeness (QED) is 0.0969. The number of hydrogen-bond donors (Lipinski definition) is 3. The highest BCUT2D eigenvalue weighted by Crippen LogP contribution is 2.40. The fourth-order valence-corrected chi connectivity index (χ4v) is 6.24. The number of nitriles is 1. The molecular formula is C41H39Cl2FN4O5. The van der Waals surface area contributed by atoms with Gasteiger partial charge in [-0.2, -0.15) is 5.26 Å². The second-order valence-corrected chi connectivity index (χ2v) is 13.9. The largest absolute Gasteiger partial charge is 0.488 e. The maximum Gasteiger partial charge on any atom is 0.326 e. The van der Waals surface area contributed by atoms with Crippen LogP contribution in [0.5, 0.6) is 11.5 Å². The van der Waals surface area contributed by atoms with Gasteiger partial charge in [0.25, 0.3) is 0 Å². The highest BCUT2D eigenvalue weighted by Gasteiger charge is 2.32. The molecule has 0 unspecified atom stereocenters. The Balaban J connectivity index is 1.42. The molecule has 12 heteroatoms. The molecule has 0 amide bonds. The topological polar surface area (TPSA) is 128 Å². The smallest absolute Gasteiger partial charge is 0.326 e. The molecule has 5 aromatic rings. The number of benzene rings is 4. The number of hydrogen-bond acceptors (Lipinski definition) is 8. The lowest BCUT2D eigenvalue weighted by Crippen LogP contribution is -2.52. The molecule has 9 nitrogen and oxygen atoms in total. The summed E-state index contributed by atoms with van der Waals surface area (Å²) in [6.07, 6.45) is 3.02. The number of aromatic nitrogens is 1. The molecule has 0 aliphatic heterocycles. The Kier molecular flexibility index (Phi) is 12.7. The highest BCUT2D eigenvalue weighted by atomic mass is 35.5. The standard InChI is InChI=1S/C41H39Cl2FN4O5/c1-25-30(6-5-7-33(25)35-15-32(44)14-34(39(35)43)29-10-8-26(9-11-29)21-48(3)4)23-53-38-16-37(52-22-28-12-27(17-45)18-46-19-28)31(13-36(38)42)20-47-41(2,24-49)40(50)51/h5-16,18-19,47,49H,20-24H2,1-4H3,(H,50,51)/t41-/m0/s1. The van der Waals surface area contributed by atoms with Gasteiger partial charge >= 0.3 is 5.97 Å². The van der Waals surface area contributed by atoms with Gasteiger partial charge in [-0.15, -0.1) is 0 Å². The Morgan fingerprint density at radius 1 is 0.943 bits per heavy atom. The van der Waals surface area contributed by atoms with Gasteiger partial charge in [0.1, 0.15) is 42.1 Å². The number of rotatable bonds is 15. The summed E-state index contributed by atoms with van der Waals surface area (Å²) in [6.45, 7) is 3.55. The second kappa shape index (κ2) is 17.2. The van der Waals surface area contributed by atoms with E-state index in [0.29, 0.717) is 44.3 Å². The van der Waals surface area contributed by atoms with Crippen molar-refractivity contribution < 1.29 is 28.9 Å². The molecule has 3 N–H and O–H groups in total. The van der Waals surface area contributed by atoms with Crippen LogP contribution in [0.15, 0.2) is 85.2 Å². The Labute approximate surface area is 318 Å². The minimum absolute atomic E-state index is 0.00700. The molecule has 0 bridgehead atoms. The van der Waals surface area contributed by atoms with Crippen molar-refractivity contribution >= 4 is 29.2 Å². The minimum atomic E-state index is -1.62. The number of carboxylic acid groups (broad SMARTS) is 1. The molecule has 1 atom stereocenters. The van der Waals surface area contributed by atoms with Crippen LogP contribution in [0.3, 0.4) is 0 Å². The third-order valence-electron chi connectivity index (χ3n) is 8.81. The number of carbonyl (C=O) groups is 1. The van der Waals surface area contributed by atoms with Crippen molar-refractivity contribution in [2.24, 2.45) is 0 Å². The van der Waals surface area contributed by atoms with E-state index in [1.54, 1.807) is 24.4 Å². The molecule has 0 fully saturated rings. The van der Waals surface area contributed by atoms with Gasteiger partial charge in [0.05, 0.1) is 22.2 Å². The zero-order valence-electron chi connectivity index (χ0n) is 29.7. The van der Waals surface area contributed by atoms with Crippen LogP contribution >= 0.6 is 23.2 Å². The Morgan fingerprint density at radius 2 is 1.66 bits per heavy atom. The first-order valence-electron chi connectivity index (χ1n) is 16.6. The van der Waals surface area contributed by atoms with Crippen molar-refractivity contribution in [3.8, 4) is 39.8 Å². The number of nitrogens with zero attached hydrogens (tertiary/aromatic N) is 3. The van der Waals surface area contributed by atoms with Gasteiger partial charge in [0, 0.05) is 53.8 Å². The zero-order chi connectivity index (χ0) is 38.3. The van der Waals surface area contributed by atoms with Crippen LogP contribution in [0, 0.1) is 24.1 Å². The summed E-state index contributed by atoms with van der Waals surface area (Å²) in [5.74, 6) is -1.00. The fraction of sp³-hybridized carbons (Fsp3) is 0.244. The number of aliphatic hydroxyl groups excluding tert-OH is 1. The summed E-state index contributed by atoms with van der Waals surface area (Å²) in [6, 6.07) is 23.3. The van der Waals surface area contributed by atoms with Crippen LogP contribution in [0.4, 0.5) is 4.39 Å². The van der Waals surface area contributed by atoms with Crippen molar-refractivity contribution in [3.63, 3.8) is 0 Å². The minimum Gasteiger partial charge on any atom is -0.488 e. The summed E-state index contributed by atoms with van der Waals surface area (Å²) in [5.41, 5.74) is 5.37. The number of halogens is 3. The maximum absolute atomic E-state index is 15.2. The molecule has 1 aromatic heterocycles. The SMILES string of the molecule is Cc1c(COc2cc(OCc3cncc(C#N)c3)c(CN[C@@](C)(CO)C(=O)O)cc2Cl)cccc1-c1cc(F)cc(-c2ccc(CN(C)C)cc2)c1Cl. The molecule has 274 valence electrons. The number of aliphatic hydroxyl groups is 1. The average Bonchev–Trinajstić information content (AvgIpc) is 3.14. The van der Waals surface area contributed by atoms with Crippen LogP contribution in [-0.4, -0.2) is 52.3 Å². The number of nitrogens with one attached hydrogen (secondary N) is 1. The normalized spacial score (nSPS) is 12.3. The number of aliphatic carboxylic acids is 1. The van der Waals surface area contributed by atoms with E-state index in [1.807, 2.05) is 69.6 Å². The summed E-state index contributed by atoms with van der Waals surface area (Å²) in [4.78, 5) is 18.0. The number of pyridine rings is 1. The van der Waals surface area contributed by atoms with E-state index in [1.165, 1.54) is 25.3 Å². The lowest BCUT2D eigenvalue weighted by atomic mass is 9.93. The lowest BCUT2D eigenvalue weighted by molar-refractivity contribution is -0.145. The first-order valence-corrected chi connectivity index (χ1v) is 17.4. The monoisotopic (exact) mass is 756 g/mol. The summed E-state index contributed by atoms with van der Waals surface area (Å²) >= 11 is 13.7. The van der Waals surface area contributed by atoms with Crippen LogP contribution < -0.4 is 14.8 Å². The van der Waals surface area contributed by atoms with Crippen molar-refractivity contribution in [1.29, 1.82) is 5.26 Å². The van der Waals surface area contributed by atoms with Crippen LogP contribution in [0.2, 0.25) is 10.0 Å². The zero-order valence-corrected chi connectivity index (χ0v) is 31.2. The third-order valence-corrected chi connectivity index (χ3v) is 9.51. The van der Waals surface area contributed by atoms with E-state index < -0.39 is 23.9 Å². The molecular weight excluding hydrogens is 718 g/mol. The predicted molar refractivity (Wildman–Crippen MR) is 203 cm³/mol. The van der Waals surface area contributed by atoms with E-state index in [4.69, 9.17) is 32.7 Å². The summed E-state index contributed by atoms with van der Waals surface area (Å²) in [7, 11) is 4.00. The summed E-state index contributed by atoms with van der Waals surface area (Å²) in [5, 5.41) is 32.2. The molecule has 1 heterocycles. The molecule has 0 saturated carbocycles. The number of carboxylic acids is 1. The molecule has 0 radical (unpaired) electrons. The van der Waals surface area contributed by atoms with E-state index in [9.17, 15) is 20.3 Å². The van der Waals surface area contributed by atoms with Crippen molar-refractivity contribution in [3.05, 3.63) is 134 Å². The molecule has 0 aliphatic rings. The van der Waals surface area contributed by atoms with Gasteiger partial charge in [0.2, 0.25) is 0 Å². The van der Waals surface area contributed by atoms with Crippen LogP contribution in [0.1, 0.15) is 40.3 Å². The van der Waals surface area contributed by atoms with Gasteiger partial charge in [-0.25, -0.2) is 4.39 Å². The Morgan fingerprint density at radius 3 is 2.34 bits per heavy atom. The maximum atomic E-state index is 15.2. The van der Waals surface area contributed by atoms with Gasteiger partial charge in [-0.3, -0.25) is 15.1 Å². The van der Waals surface area contributed by atoms with Crippen molar-refractivity contribution in [1.82, 2.24) is 15.2 Å². The molecule has 4 aromatic carbocycles. The first-order chi connectivity index (χ1) is 25.3. The first kappa shape index (κ1) is 39.2. The Bertz CT molecular complexity index is 2160. The van der Waals surface area contributed by atoms with Crippen molar-refractivity contribution in [2.75, 3.05) is 20.7 Å². The highest BCUT2D eigenvalue weighted by molar-refractivity contribution is 6.36. The number of ether oxygens (including phenoxy) is 2. The lowest BCUT2D eigenvalue weighted by Gasteiger charge is -2.25. The van der Waals surface area contributed by atoms with Gasteiger partial charge in [-0.05, 0) is 80.0 Å². The van der Waals surface area contributed by atoms with Crippen LogP contribution in [0.25, 0.3) is 22.3 Å². The van der Waals surface area contributed by atoms with Gasteiger partial charge < -0.3 is 24.6 Å². The third kappa shape index (κ3) is 9.51. The summed E-state index contributed by atoms with van der Waals surface area (Å²) < 4.78 is 27.5. The molecule has 5 rings (SSSR count). The van der Waals surface area contributed by atoms with Crippen LogP contribution in [-0.2, 0) is 31.1 Å². The van der Waals surface area contributed by atoms with E-state index in [-0.39, 0.29) is 24.8 Å². The molecule has 0 aliphatic carbocycles. The van der Waals surface area contributed by atoms with Gasteiger partial charge in [0.15, 0.2) is 0 Å². The molecule has 53 heavy (non-hydrogen) atoms. The van der Waals surface area contributed by atoms with E-state index in [0.717, 1.165) is 34.4 Å². The fourth-order valence-electron chi connectivity index (χ4n) is 5.67. The second-order valence-electron chi connectivity index (χ2n) is 13.1. The molecule has 0 spiro atoms. The van der Waals surface area contributed by atoms with E-state index in [2.05, 4.69) is 15.2 Å². The predicted octanol–water partition coefficient (Wildman–Crippen LogP) is 8.19. The van der Waals surface area contributed by atoms with Gasteiger partial charge in [-0.1, -0.05) is 65.7 Å². The van der Waals surface area contributed by atoms with Crippen molar-refractivity contribution in [2.45, 2.75) is 45.7 Å². The molecule has 0 saturated heterocycles. The average molecular weight is 758 g/mol. The Hall–Kier alpha value is -5.02.